The molecule has 2 aromatic rings. The second-order valence-electron chi connectivity index (χ2n) is 4.53. The molecular weight excluding hydrogens is 236 g/mol. The zero-order valence-electron chi connectivity index (χ0n) is 11.0. The number of aryl methyl sites for hydroxylation is 1. The molecule has 0 spiro atoms. The van der Waals surface area contributed by atoms with E-state index in [9.17, 15) is 4.79 Å². The van der Waals surface area contributed by atoms with E-state index >= 15 is 0 Å². The minimum Gasteiger partial charge on any atom is -0.398 e. The summed E-state index contributed by atoms with van der Waals surface area (Å²) in [5.41, 5.74) is 9.06. The van der Waals surface area contributed by atoms with Crippen molar-refractivity contribution >= 4 is 11.6 Å². The third-order valence-electron chi connectivity index (χ3n) is 3.07. The minimum atomic E-state index is -0.105. The highest BCUT2D eigenvalue weighted by atomic mass is 16.1. The molecule has 0 saturated heterocycles. The van der Waals surface area contributed by atoms with E-state index in [2.05, 4.69) is 5.32 Å². The first-order valence-electron chi connectivity index (χ1n) is 6.35. The van der Waals surface area contributed by atoms with Gasteiger partial charge in [-0.1, -0.05) is 42.5 Å². The number of nitrogen functional groups attached to an aromatic ring is 1. The monoisotopic (exact) mass is 254 g/mol. The molecule has 0 aliphatic heterocycles. The largest absolute Gasteiger partial charge is 0.398 e. The summed E-state index contributed by atoms with van der Waals surface area (Å²) in [6, 6.07) is 15.6. The molecule has 3 heteroatoms. The summed E-state index contributed by atoms with van der Waals surface area (Å²) in [5, 5.41) is 2.91. The third kappa shape index (κ3) is 3.35. The van der Waals surface area contributed by atoms with Crippen molar-refractivity contribution in [3.05, 3.63) is 65.2 Å². The summed E-state index contributed by atoms with van der Waals surface area (Å²) in [7, 11) is 0. The van der Waals surface area contributed by atoms with Gasteiger partial charge in [0.1, 0.15) is 0 Å². The van der Waals surface area contributed by atoms with E-state index in [-0.39, 0.29) is 5.91 Å². The minimum absolute atomic E-state index is 0.105. The number of benzene rings is 2. The van der Waals surface area contributed by atoms with Gasteiger partial charge in [-0.2, -0.15) is 0 Å². The number of anilines is 1. The number of nitrogens with two attached hydrogens (primary N) is 1. The van der Waals surface area contributed by atoms with Gasteiger partial charge in [0.2, 0.25) is 0 Å². The fourth-order valence-electron chi connectivity index (χ4n) is 2.05. The molecule has 0 fully saturated rings. The van der Waals surface area contributed by atoms with Crippen molar-refractivity contribution in [2.45, 2.75) is 13.3 Å². The Morgan fingerprint density at radius 3 is 2.53 bits per heavy atom. The summed E-state index contributed by atoms with van der Waals surface area (Å²) in [4.78, 5) is 12.1. The number of rotatable bonds is 4. The van der Waals surface area contributed by atoms with Crippen molar-refractivity contribution in [2.75, 3.05) is 12.3 Å². The molecule has 3 nitrogen and oxygen atoms in total. The lowest BCUT2D eigenvalue weighted by Gasteiger charge is -2.10. The standard InChI is InChI=1S/C16H18N2O/c1-12-6-5-9-14(17)15(12)16(19)18-11-10-13-7-3-2-4-8-13/h2-9H,10-11,17H2,1H3,(H,18,19). The normalized spacial score (nSPS) is 10.2. The van der Waals surface area contributed by atoms with Crippen LogP contribution in [-0.2, 0) is 6.42 Å². The van der Waals surface area contributed by atoms with E-state index in [4.69, 9.17) is 5.73 Å². The first kappa shape index (κ1) is 13.1. The summed E-state index contributed by atoms with van der Waals surface area (Å²) in [6.45, 7) is 2.50. The van der Waals surface area contributed by atoms with Crippen molar-refractivity contribution in [3.63, 3.8) is 0 Å². The number of hydrogen-bond donors (Lipinski definition) is 2. The highest BCUT2D eigenvalue weighted by Gasteiger charge is 2.11. The highest BCUT2D eigenvalue weighted by molar-refractivity contribution is 6.00. The van der Waals surface area contributed by atoms with Crippen LogP contribution < -0.4 is 11.1 Å². The maximum absolute atomic E-state index is 12.1. The van der Waals surface area contributed by atoms with Gasteiger partial charge in [-0.05, 0) is 30.5 Å². The fourth-order valence-corrected chi connectivity index (χ4v) is 2.05. The van der Waals surface area contributed by atoms with E-state index in [0.29, 0.717) is 17.8 Å². The Labute approximate surface area is 113 Å². The van der Waals surface area contributed by atoms with Gasteiger partial charge in [0.05, 0.1) is 5.56 Å². The van der Waals surface area contributed by atoms with Crippen molar-refractivity contribution < 1.29 is 4.79 Å². The smallest absolute Gasteiger partial charge is 0.253 e. The van der Waals surface area contributed by atoms with Crippen LogP contribution in [-0.4, -0.2) is 12.5 Å². The van der Waals surface area contributed by atoms with Gasteiger partial charge in [0, 0.05) is 12.2 Å². The number of hydrogen-bond acceptors (Lipinski definition) is 2. The first-order chi connectivity index (χ1) is 9.18. The van der Waals surface area contributed by atoms with Crippen molar-refractivity contribution in [2.24, 2.45) is 0 Å². The number of carbonyl (C=O) groups is 1. The lowest BCUT2D eigenvalue weighted by atomic mass is 10.1. The van der Waals surface area contributed by atoms with Gasteiger partial charge in [-0.25, -0.2) is 0 Å². The van der Waals surface area contributed by atoms with E-state index in [1.807, 2.05) is 49.4 Å². The molecular formula is C16H18N2O. The highest BCUT2D eigenvalue weighted by Crippen LogP contribution is 2.15. The third-order valence-corrected chi connectivity index (χ3v) is 3.07. The second kappa shape index (κ2) is 6.05. The summed E-state index contributed by atoms with van der Waals surface area (Å²) >= 11 is 0. The van der Waals surface area contributed by atoms with Crippen LogP contribution in [0.5, 0.6) is 0 Å². The predicted molar refractivity (Wildman–Crippen MR) is 78.1 cm³/mol. The van der Waals surface area contributed by atoms with Crippen molar-refractivity contribution in [1.29, 1.82) is 0 Å². The van der Waals surface area contributed by atoms with E-state index in [1.54, 1.807) is 6.07 Å². The van der Waals surface area contributed by atoms with Gasteiger partial charge < -0.3 is 11.1 Å². The van der Waals surface area contributed by atoms with Crippen LogP contribution >= 0.6 is 0 Å². The molecule has 1 amide bonds. The quantitative estimate of drug-likeness (QED) is 0.824. The molecule has 0 heterocycles. The molecule has 2 rings (SSSR count). The first-order valence-corrected chi connectivity index (χ1v) is 6.35. The Hall–Kier alpha value is -2.29. The molecule has 0 aliphatic carbocycles. The van der Waals surface area contributed by atoms with Crippen LogP contribution in [0.25, 0.3) is 0 Å². The maximum atomic E-state index is 12.1. The second-order valence-corrected chi connectivity index (χ2v) is 4.53. The van der Waals surface area contributed by atoms with Gasteiger partial charge in [-0.3, -0.25) is 4.79 Å². The molecule has 19 heavy (non-hydrogen) atoms. The Balaban J connectivity index is 1.95. The van der Waals surface area contributed by atoms with E-state index in [1.165, 1.54) is 5.56 Å². The van der Waals surface area contributed by atoms with Gasteiger partial charge in [0.25, 0.3) is 5.91 Å². The van der Waals surface area contributed by atoms with Crippen LogP contribution in [0, 0.1) is 6.92 Å². The Morgan fingerprint density at radius 2 is 1.84 bits per heavy atom. The lowest BCUT2D eigenvalue weighted by Crippen LogP contribution is -2.27. The Bertz CT molecular complexity index is 544. The van der Waals surface area contributed by atoms with E-state index in [0.717, 1.165) is 12.0 Å². The zero-order chi connectivity index (χ0) is 13.7. The van der Waals surface area contributed by atoms with Crippen LogP contribution in [0.15, 0.2) is 48.5 Å². The van der Waals surface area contributed by atoms with Gasteiger partial charge >= 0.3 is 0 Å². The van der Waals surface area contributed by atoms with Crippen LogP contribution in [0.2, 0.25) is 0 Å². The van der Waals surface area contributed by atoms with Crippen molar-refractivity contribution in [1.82, 2.24) is 5.32 Å². The maximum Gasteiger partial charge on any atom is 0.253 e. The zero-order valence-corrected chi connectivity index (χ0v) is 11.0. The van der Waals surface area contributed by atoms with Gasteiger partial charge in [0.15, 0.2) is 0 Å². The fraction of sp³-hybridized carbons (Fsp3) is 0.188. The number of carbonyl (C=O) groups excluding carboxylic acids is 1. The molecule has 0 unspecified atom stereocenters. The molecule has 0 saturated carbocycles. The predicted octanol–water partition coefficient (Wildman–Crippen LogP) is 2.55. The topological polar surface area (TPSA) is 55.1 Å². The van der Waals surface area contributed by atoms with Crippen molar-refractivity contribution in [3.8, 4) is 0 Å². The van der Waals surface area contributed by atoms with Crippen LogP contribution in [0.3, 0.4) is 0 Å². The average Bonchev–Trinajstić information content (AvgIpc) is 2.40. The summed E-state index contributed by atoms with van der Waals surface area (Å²) < 4.78 is 0. The molecule has 2 aromatic carbocycles. The Kier molecular flexibility index (Phi) is 4.18. The van der Waals surface area contributed by atoms with Gasteiger partial charge in [-0.15, -0.1) is 0 Å². The molecule has 0 atom stereocenters. The van der Waals surface area contributed by atoms with Crippen LogP contribution in [0.1, 0.15) is 21.5 Å². The summed E-state index contributed by atoms with van der Waals surface area (Å²) in [5.74, 6) is -0.105. The molecule has 3 N–H and O–H groups in total. The van der Waals surface area contributed by atoms with Crippen LogP contribution in [0.4, 0.5) is 5.69 Å². The molecule has 98 valence electrons. The molecule has 0 aromatic heterocycles. The number of nitrogens with one attached hydrogen (secondary N) is 1. The molecule has 0 radical (unpaired) electrons. The lowest BCUT2D eigenvalue weighted by molar-refractivity contribution is 0.0954. The number of amides is 1. The molecule has 0 aliphatic rings. The average molecular weight is 254 g/mol. The SMILES string of the molecule is Cc1cccc(N)c1C(=O)NCCc1ccccc1. The van der Waals surface area contributed by atoms with E-state index < -0.39 is 0 Å². The summed E-state index contributed by atoms with van der Waals surface area (Å²) in [6.07, 6.45) is 0.818. The molecule has 0 bridgehead atoms. The Morgan fingerprint density at radius 1 is 1.11 bits per heavy atom.